The molecular weight excluding hydrogens is 370 g/mol. The number of H-pyrrole nitrogens is 1. The lowest BCUT2D eigenvalue weighted by Crippen LogP contribution is -2.26. The second-order valence-electron chi connectivity index (χ2n) is 6.09. The summed E-state index contributed by atoms with van der Waals surface area (Å²) >= 11 is 0. The molecule has 2 aromatic heterocycles. The van der Waals surface area contributed by atoms with Crippen molar-refractivity contribution in [3.05, 3.63) is 70.3 Å². The molecule has 0 aliphatic carbocycles. The first kappa shape index (κ1) is 19.4. The maximum Gasteiger partial charge on any atom is 0.251 e. The number of pyridine rings is 1. The Balaban J connectivity index is 1.52. The van der Waals surface area contributed by atoms with E-state index in [-0.39, 0.29) is 24.5 Å². The van der Waals surface area contributed by atoms with Crippen LogP contribution in [-0.4, -0.2) is 39.3 Å². The van der Waals surface area contributed by atoms with Gasteiger partial charge in [-0.3, -0.25) is 4.79 Å². The molecule has 0 fully saturated rings. The first-order chi connectivity index (χ1) is 13.4. The van der Waals surface area contributed by atoms with E-state index in [1.807, 2.05) is 0 Å². The van der Waals surface area contributed by atoms with Crippen LogP contribution >= 0.6 is 0 Å². The molecule has 1 atom stereocenters. The Morgan fingerprint density at radius 3 is 2.71 bits per heavy atom. The van der Waals surface area contributed by atoms with Crippen LogP contribution in [0.2, 0.25) is 0 Å². The van der Waals surface area contributed by atoms with Crippen molar-refractivity contribution in [2.75, 3.05) is 18.5 Å². The normalized spacial score (nSPS) is 11.9. The number of aromatic nitrogens is 3. The molecule has 2 heterocycles. The largest absolute Gasteiger partial charge is 0.491 e. The number of aromatic amines is 1. The molecule has 9 heteroatoms. The molecule has 0 saturated heterocycles. The molecule has 0 aliphatic heterocycles. The van der Waals surface area contributed by atoms with Crippen molar-refractivity contribution in [2.45, 2.75) is 13.0 Å². The van der Waals surface area contributed by atoms with E-state index in [4.69, 9.17) is 4.74 Å². The highest BCUT2D eigenvalue weighted by atomic mass is 19.2. The third-order valence-electron chi connectivity index (χ3n) is 3.76. The van der Waals surface area contributed by atoms with E-state index in [1.54, 1.807) is 25.3 Å². The minimum absolute atomic E-state index is 0.107. The van der Waals surface area contributed by atoms with Crippen LogP contribution < -0.4 is 15.6 Å². The van der Waals surface area contributed by atoms with Gasteiger partial charge in [-0.1, -0.05) is 0 Å². The molecule has 0 spiro atoms. The van der Waals surface area contributed by atoms with Crippen LogP contribution in [0.3, 0.4) is 0 Å². The lowest BCUT2D eigenvalue weighted by Gasteiger charge is -2.14. The number of hydrogen-bond donors (Lipinski definition) is 3. The van der Waals surface area contributed by atoms with E-state index in [1.165, 1.54) is 12.1 Å². The Morgan fingerprint density at radius 2 is 2.04 bits per heavy atom. The van der Waals surface area contributed by atoms with Gasteiger partial charge in [-0.2, -0.15) is 0 Å². The summed E-state index contributed by atoms with van der Waals surface area (Å²) in [6.45, 7) is 1.76. The Hall–Kier alpha value is -3.33. The number of aryl methyl sites for hydroxylation is 1. The van der Waals surface area contributed by atoms with Gasteiger partial charge in [0.05, 0.1) is 0 Å². The average Bonchev–Trinajstić information content (AvgIpc) is 2.67. The quantitative estimate of drug-likeness (QED) is 0.574. The number of rotatable bonds is 7. The first-order valence-electron chi connectivity index (χ1n) is 8.45. The third-order valence-corrected chi connectivity index (χ3v) is 3.76. The van der Waals surface area contributed by atoms with E-state index < -0.39 is 17.7 Å². The molecule has 1 aromatic carbocycles. The van der Waals surface area contributed by atoms with Gasteiger partial charge >= 0.3 is 0 Å². The fourth-order valence-corrected chi connectivity index (χ4v) is 2.39. The zero-order valence-electron chi connectivity index (χ0n) is 14.9. The second kappa shape index (κ2) is 8.57. The molecule has 0 amide bonds. The highest BCUT2D eigenvalue weighted by molar-refractivity contribution is 5.55. The van der Waals surface area contributed by atoms with Gasteiger partial charge in [-0.25, -0.2) is 18.7 Å². The van der Waals surface area contributed by atoms with Crippen molar-refractivity contribution in [1.29, 1.82) is 0 Å². The van der Waals surface area contributed by atoms with Gasteiger partial charge in [0.2, 0.25) is 0 Å². The van der Waals surface area contributed by atoms with Gasteiger partial charge < -0.3 is 20.1 Å². The Labute approximate surface area is 159 Å². The average molecular weight is 388 g/mol. The summed E-state index contributed by atoms with van der Waals surface area (Å²) in [4.78, 5) is 22.6. The zero-order valence-corrected chi connectivity index (χ0v) is 14.9. The number of benzene rings is 1. The maximum atomic E-state index is 13.1. The van der Waals surface area contributed by atoms with Crippen LogP contribution in [0.4, 0.5) is 14.6 Å². The van der Waals surface area contributed by atoms with Crippen LogP contribution in [0.1, 0.15) is 5.69 Å². The van der Waals surface area contributed by atoms with Crippen LogP contribution in [0.15, 0.2) is 47.4 Å². The summed E-state index contributed by atoms with van der Waals surface area (Å²) < 4.78 is 31.2. The third kappa shape index (κ3) is 5.10. The number of hydrogen-bond acceptors (Lipinski definition) is 6. The summed E-state index contributed by atoms with van der Waals surface area (Å²) in [5.74, 6) is -0.928. The molecule has 28 heavy (non-hydrogen) atoms. The van der Waals surface area contributed by atoms with Gasteiger partial charge in [0.25, 0.3) is 5.56 Å². The Morgan fingerprint density at radius 1 is 1.21 bits per heavy atom. The summed E-state index contributed by atoms with van der Waals surface area (Å²) in [5.41, 5.74) is 1.01. The van der Waals surface area contributed by atoms with Gasteiger partial charge in [0.1, 0.15) is 30.1 Å². The number of aliphatic hydroxyl groups excluding tert-OH is 1. The number of nitrogens with zero attached hydrogens (tertiary/aromatic N) is 2. The lowest BCUT2D eigenvalue weighted by molar-refractivity contribution is 0.117. The Bertz CT molecular complexity index is 1010. The fourth-order valence-electron chi connectivity index (χ4n) is 2.39. The molecule has 3 N–H and O–H groups in total. The molecule has 0 radical (unpaired) electrons. The van der Waals surface area contributed by atoms with E-state index in [2.05, 4.69) is 20.3 Å². The van der Waals surface area contributed by atoms with E-state index >= 15 is 0 Å². The van der Waals surface area contributed by atoms with Crippen LogP contribution in [-0.2, 0) is 0 Å². The topological polar surface area (TPSA) is 100 Å². The summed E-state index contributed by atoms with van der Waals surface area (Å²) in [6, 6.07) is 7.97. The van der Waals surface area contributed by atoms with Crippen molar-refractivity contribution in [2.24, 2.45) is 0 Å². The zero-order chi connectivity index (χ0) is 20.1. The van der Waals surface area contributed by atoms with Crippen molar-refractivity contribution >= 4 is 5.82 Å². The Kier molecular flexibility index (Phi) is 5.95. The maximum absolute atomic E-state index is 13.1. The summed E-state index contributed by atoms with van der Waals surface area (Å²) in [6.07, 6.45) is 0.647. The highest BCUT2D eigenvalue weighted by Crippen LogP contribution is 2.16. The smallest absolute Gasteiger partial charge is 0.251 e. The fraction of sp³-hybridized carbons (Fsp3) is 0.211. The highest BCUT2D eigenvalue weighted by Gasteiger charge is 2.09. The monoisotopic (exact) mass is 388 g/mol. The number of aliphatic hydroxyl groups is 1. The minimum Gasteiger partial charge on any atom is -0.491 e. The van der Waals surface area contributed by atoms with Crippen LogP contribution in [0.25, 0.3) is 11.4 Å². The van der Waals surface area contributed by atoms with Crippen molar-refractivity contribution in [3.8, 4) is 17.1 Å². The molecule has 0 aliphatic rings. The lowest BCUT2D eigenvalue weighted by atomic mass is 10.2. The van der Waals surface area contributed by atoms with Crippen molar-refractivity contribution in [1.82, 2.24) is 15.0 Å². The summed E-state index contributed by atoms with van der Waals surface area (Å²) in [5, 5.41) is 12.9. The van der Waals surface area contributed by atoms with Gasteiger partial charge in [-0.05, 0) is 31.2 Å². The molecule has 0 saturated carbocycles. The number of ether oxygens (including phenoxy) is 1. The van der Waals surface area contributed by atoms with Crippen LogP contribution in [0, 0.1) is 18.6 Å². The number of nitrogens with one attached hydrogen (secondary N) is 2. The van der Waals surface area contributed by atoms with Crippen molar-refractivity contribution < 1.29 is 18.6 Å². The summed E-state index contributed by atoms with van der Waals surface area (Å²) in [7, 11) is 0. The molecule has 0 bridgehead atoms. The standard InChI is InChI=1S/C19H18F2N4O3/c1-11-6-18(27)25-19(24-11)12-2-5-17(22-8-12)23-9-13(26)10-28-14-3-4-15(20)16(21)7-14/h2-8,13,26H,9-10H2,1H3,(H,22,23)(H,24,25,27). The van der Waals surface area contributed by atoms with Crippen LogP contribution in [0.5, 0.6) is 5.75 Å². The molecule has 3 aromatic rings. The van der Waals surface area contributed by atoms with E-state index in [0.29, 0.717) is 22.9 Å². The van der Waals surface area contributed by atoms with Gasteiger partial charge in [-0.15, -0.1) is 0 Å². The first-order valence-corrected chi connectivity index (χ1v) is 8.45. The predicted octanol–water partition coefficient (Wildman–Crippen LogP) is 2.27. The minimum atomic E-state index is -1.01. The van der Waals surface area contributed by atoms with E-state index in [9.17, 15) is 18.7 Å². The van der Waals surface area contributed by atoms with Gasteiger partial charge in [0, 0.05) is 36.1 Å². The van der Waals surface area contributed by atoms with Crippen molar-refractivity contribution in [3.63, 3.8) is 0 Å². The van der Waals surface area contributed by atoms with Gasteiger partial charge in [0.15, 0.2) is 11.6 Å². The molecule has 1 unspecified atom stereocenters. The number of anilines is 1. The second-order valence-corrected chi connectivity index (χ2v) is 6.09. The predicted molar refractivity (Wildman–Crippen MR) is 99.2 cm³/mol. The SMILES string of the molecule is Cc1cc(=O)[nH]c(-c2ccc(NCC(O)COc3ccc(F)c(F)c3)nc2)n1. The molecular formula is C19H18F2N4O3. The molecule has 7 nitrogen and oxygen atoms in total. The number of halogens is 2. The molecule has 146 valence electrons. The molecule has 3 rings (SSSR count). The van der Waals surface area contributed by atoms with E-state index in [0.717, 1.165) is 12.1 Å².